The minimum Gasteiger partial charge on any atom is -0.467 e. The van der Waals surface area contributed by atoms with Crippen LogP contribution >= 0.6 is 0 Å². The number of esters is 2. The van der Waals surface area contributed by atoms with Crippen LogP contribution in [0.2, 0.25) is 0 Å². The minimum absolute atomic E-state index is 0.00577. The standard InChI is InChI=1S/C34H30F4N6O6.C34H30F4N6O5.C33H29F4N7O6/c1-18-13-20(43-11-12-50-17-27(43)34(36,37)38)15-23(35)28(18)30(45)41-24(32(47)49-3)14-19-6-7-26(29-21(19)5-4-9-40-29)44-31(46)22-16-39-10-8-25(22)42(2)33(44)48;1-18-13-21(43-11-12-49-17-28(43)34(36,37)38)15-24(35)29(18)31(46)41-25(19(2)45)14-20-6-7-27(30-22(20)5-4-9-40-30)44-32(47)23-16-39-10-8-26(23)42(3)33(44)48;1-17-13-19(43-11-12-50-16-24(43)33(35,36)37)15-21(34)25(17)29(45)41-22(31(47)49-3)14-18-6-7-23(26-20(18)5-4-8-38-26)44-30(46)27-28(40-10-9-39-27)42(2)32(44)48/h4-10,13,15-16,24,27H,11-12,14,17H2,1-3H3,(H,41,45);4-10,13,15-16,25,28H,11-12,14,17H2,1-3H3,(H,41,46);4-10,13,15,22,24H,11-12,14,16H2,1-3H3,(H,41,45). The lowest BCUT2D eigenvalue weighted by molar-refractivity contribution is -0.167. The average molecular weight is 2070 g/mol. The van der Waals surface area contributed by atoms with Crippen LogP contribution in [0.25, 0.3) is 82.7 Å². The predicted octanol–water partition coefficient (Wildman–Crippen LogP) is 9.90. The number of halogens is 12. The topological polar surface area (TPSA) is 417 Å². The lowest BCUT2D eigenvalue weighted by atomic mass is 9.97. The number of methoxy groups -OCH3 is 2. The first-order valence-electron chi connectivity index (χ1n) is 45.8. The highest BCUT2D eigenvalue weighted by atomic mass is 19.4. The van der Waals surface area contributed by atoms with Crippen molar-refractivity contribution in [3.63, 3.8) is 0 Å². The Labute approximate surface area is 833 Å². The molecule has 3 amide bonds. The largest absolute Gasteiger partial charge is 0.467 e. The van der Waals surface area contributed by atoms with Gasteiger partial charge in [0, 0.05) is 149 Å². The zero-order valence-electron chi connectivity index (χ0n) is 80.3. The maximum Gasteiger partial charge on any atom is 0.411 e. The van der Waals surface area contributed by atoms with Crippen molar-refractivity contribution < 1.29 is 105 Å². The number of hydrogen-bond acceptors (Lipinski definition) is 27. The third kappa shape index (κ3) is 21.0. The van der Waals surface area contributed by atoms with Crippen LogP contribution in [0.15, 0.2) is 206 Å². The Morgan fingerprint density at radius 1 is 0.396 bits per heavy atom. The van der Waals surface area contributed by atoms with E-state index in [0.717, 1.165) is 60.8 Å². The van der Waals surface area contributed by atoms with E-state index in [1.807, 2.05) is 0 Å². The molecule has 12 heterocycles. The molecule has 3 fully saturated rings. The second-order valence-electron chi connectivity index (χ2n) is 35.1. The molecule has 0 aliphatic carbocycles. The van der Waals surface area contributed by atoms with E-state index in [-0.39, 0.29) is 148 Å². The molecule has 15 aromatic rings. The number of alkyl halides is 9. The number of benzene rings is 6. The number of rotatable bonds is 21. The molecule has 3 aliphatic heterocycles. The molecule has 774 valence electrons. The first-order chi connectivity index (χ1) is 70.9. The molecule has 3 aliphatic rings. The summed E-state index contributed by atoms with van der Waals surface area (Å²) in [5.74, 6) is -8.29. The molecule has 0 saturated carbocycles. The lowest BCUT2D eigenvalue weighted by Crippen LogP contribution is -2.53. The SMILES string of the molecule is CC(=O)C(Cc1ccc(-n2c(=O)c3cnccc3n(C)c2=O)c2ncccc12)NC(=O)c1c(C)cc(N2CCOCC2C(F)(F)F)cc1F.COC(=O)C(Cc1ccc(-n2c(=O)c3cnccc3n(C)c2=O)c2ncccc12)NC(=O)c1c(C)cc(N2CCOCC2C(F)(F)F)cc1F.COC(=O)C(Cc1ccc(-n2c(=O)c3nccnc3n(C)c2=O)c2ncccc12)NC(=O)c1c(C)cc(N2CCOCC2C(F)(F)F)cc1F. The summed E-state index contributed by atoms with van der Waals surface area (Å²) in [6.07, 6.45) is -1.53. The normalized spacial score (nSPS) is 15.7. The summed E-state index contributed by atoms with van der Waals surface area (Å²) in [6, 6.07) is 18.8. The van der Waals surface area contributed by atoms with Crippen LogP contribution in [0.3, 0.4) is 0 Å². The summed E-state index contributed by atoms with van der Waals surface area (Å²) in [5.41, 5.74) is -1.62. The van der Waals surface area contributed by atoms with Gasteiger partial charge in [-0.05, 0) is 146 Å². The van der Waals surface area contributed by atoms with E-state index >= 15 is 13.2 Å². The highest BCUT2D eigenvalue weighted by molar-refractivity contribution is 6.02. The summed E-state index contributed by atoms with van der Waals surface area (Å²) in [5, 5.41) is 9.37. The molecular formula is C101H89F12N19O17. The van der Waals surface area contributed by atoms with Crippen LogP contribution in [0.1, 0.15) is 71.4 Å². The third-order valence-corrected chi connectivity index (χ3v) is 25.9. The van der Waals surface area contributed by atoms with Gasteiger partial charge >= 0.3 is 47.5 Å². The van der Waals surface area contributed by atoms with Crippen molar-refractivity contribution in [1.29, 1.82) is 0 Å². The lowest BCUT2D eigenvalue weighted by Gasteiger charge is -2.38. The molecule has 0 bridgehead atoms. The van der Waals surface area contributed by atoms with Crippen molar-refractivity contribution in [3.8, 4) is 17.1 Å². The monoisotopic (exact) mass is 2070 g/mol. The van der Waals surface area contributed by atoms with Gasteiger partial charge in [-0.2, -0.15) is 39.5 Å². The molecule has 36 nitrogen and oxygen atoms in total. The average Bonchev–Trinajstić information content (AvgIpc) is 0.706. The summed E-state index contributed by atoms with van der Waals surface area (Å²) in [4.78, 5) is 192. The van der Waals surface area contributed by atoms with Crippen molar-refractivity contribution in [2.75, 3.05) is 88.2 Å². The van der Waals surface area contributed by atoms with Crippen molar-refractivity contribution in [2.45, 2.75) is 102 Å². The van der Waals surface area contributed by atoms with Crippen LogP contribution < -0.4 is 64.4 Å². The quantitative estimate of drug-likeness (QED) is 0.0444. The van der Waals surface area contributed by atoms with E-state index in [0.29, 0.717) is 43.9 Å². The van der Waals surface area contributed by atoms with Crippen LogP contribution in [-0.2, 0) is 78.5 Å². The number of aromatic nitrogens is 13. The van der Waals surface area contributed by atoms with Crippen molar-refractivity contribution >= 4 is 118 Å². The van der Waals surface area contributed by atoms with E-state index in [1.54, 1.807) is 66.7 Å². The fourth-order valence-electron chi connectivity index (χ4n) is 18.5. The number of amides is 3. The zero-order valence-corrected chi connectivity index (χ0v) is 80.3. The molecule has 9 aromatic heterocycles. The summed E-state index contributed by atoms with van der Waals surface area (Å²) in [6.45, 7) is 3.21. The number of morpholine rings is 3. The smallest absolute Gasteiger partial charge is 0.411 e. The Morgan fingerprint density at radius 2 is 0.711 bits per heavy atom. The maximum absolute atomic E-state index is 15.5. The number of carbonyl (C=O) groups excluding carboxylic acids is 6. The van der Waals surface area contributed by atoms with Crippen molar-refractivity contribution in [1.82, 2.24) is 78.2 Å². The number of fused-ring (bicyclic) bond motifs is 6. The molecule has 6 atom stereocenters. The highest BCUT2D eigenvalue weighted by Crippen LogP contribution is 2.39. The minimum atomic E-state index is -4.64. The number of pyridine rings is 5. The van der Waals surface area contributed by atoms with Gasteiger partial charge in [0.05, 0.1) is 132 Å². The molecule has 0 spiro atoms. The van der Waals surface area contributed by atoms with Gasteiger partial charge in [-0.25, -0.2) is 60.8 Å². The zero-order chi connectivity index (χ0) is 107. The summed E-state index contributed by atoms with van der Waals surface area (Å²) >= 11 is 0. The number of ether oxygens (including phenoxy) is 5. The number of nitrogens with one attached hydrogen (secondary N) is 3. The van der Waals surface area contributed by atoms with Crippen molar-refractivity contribution in [3.05, 3.63) is 307 Å². The van der Waals surface area contributed by atoms with E-state index < -0.39 is 178 Å². The van der Waals surface area contributed by atoms with Gasteiger partial charge in [0.15, 0.2) is 16.9 Å². The van der Waals surface area contributed by atoms with Gasteiger partial charge < -0.3 is 54.3 Å². The van der Waals surface area contributed by atoms with E-state index in [9.17, 15) is 97.0 Å². The first-order valence-corrected chi connectivity index (χ1v) is 45.8. The molecule has 149 heavy (non-hydrogen) atoms. The number of Topliss-reactive ketones (excluding diaryl/α,β-unsaturated/α-hetero) is 1. The molecule has 0 radical (unpaired) electrons. The predicted molar refractivity (Wildman–Crippen MR) is 518 cm³/mol. The third-order valence-electron chi connectivity index (χ3n) is 25.9. The molecule has 18 rings (SSSR count). The van der Waals surface area contributed by atoms with Gasteiger partial charge in [-0.3, -0.25) is 72.2 Å². The fraction of sp³-hybridized carbons (Fsp3) is 0.297. The molecule has 3 N–H and O–H groups in total. The molecule has 48 heteroatoms. The van der Waals surface area contributed by atoms with E-state index in [4.69, 9.17) is 23.7 Å². The Balaban J connectivity index is 0.000000159. The second kappa shape index (κ2) is 42.7. The van der Waals surface area contributed by atoms with Gasteiger partial charge in [-0.15, -0.1) is 0 Å². The Kier molecular flexibility index (Phi) is 30.1. The van der Waals surface area contributed by atoms with Crippen LogP contribution in [-0.4, -0.2) is 226 Å². The fourth-order valence-corrected chi connectivity index (χ4v) is 18.5. The molecule has 6 aromatic carbocycles. The molecule has 6 unspecified atom stereocenters. The number of nitrogens with zero attached hydrogens (tertiary/aromatic N) is 16. The van der Waals surface area contributed by atoms with Gasteiger partial charge in [0.1, 0.15) is 47.7 Å². The van der Waals surface area contributed by atoms with Crippen LogP contribution in [0.5, 0.6) is 0 Å². The van der Waals surface area contributed by atoms with E-state index in [2.05, 4.69) is 50.8 Å². The summed E-state index contributed by atoms with van der Waals surface area (Å²) in [7, 11) is 6.72. The Hall–Kier alpha value is -16.8. The highest BCUT2D eigenvalue weighted by Gasteiger charge is 2.49. The number of anilines is 3. The Bertz CT molecular complexity index is 7910. The summed E-state index contributed by atoms with van der Waals surface area (Å²) < 4.78 is 201. The number of hydrogen-bond donors (Lipinski definition) is 3. The number of ketones is 1. The maximum atomic E-state index is 15.5. The van der Waals surface area contributed by atoms with Crippen LogP contribution in [0, 0.1) is 38.2 Å². The Morgan fingerprint density at radius 3 is 1.04 bits per heavy atom. The number of aryl methyl sites for hydroxylation is 6. The van der Waals surface area contributed by atoms with Gasteiger partial charge in [-0.1, -0.05) is 36.4 Å². The second-order valence-corrected chi connectivity index (χ2v) is 35.1. The first kappa shape index (κ1) is 105. The number of carbonyl (C=O) groups is 6. The van der Waals surface area contributed by atoms with E-state index in [1.165, 1.54) is 155 Å². The van der Waals surface area contributed by atoms with Gasteiger partial charge in [0.25, 0.3) is 34.4 Å². The molecular weight excluding hydrogens is 1980 g/mol. The van der Waals surface area contributed by atoms with Crippen molar-refractivity contribution in [2.24, 2.45) is 21.1 Å². The molecule has 3 saturated heterocycles. The van der Waals surface area contributed by atoms with Gasteiger partial charge in [0.2, 0.25) is 0 Å². The van der Waals surface area contributed by atoms with Crippen LogP contribution in [0.4, 0.5) is 69.7 Å².